The molecule has 0 unspecified atom stereocenters. The molecule has 0 bridgehead atoms. The SMILES string of the molecule is NC1(c2cc(Cl)c(O)cc2F)CCCCC1. The van der Waals surface area contributed by atoms with Gasteiger partial charge in [-0.25, -0.2) is 4.39 Å². The molecule has 3 N–H and O–H groups in total. The van der Waals surface area contributed by atoms with Crippen molar-refractivity contribution in [2.24, 2.45) is 5.73 Å². The molecule has 1 aromatic rings. The smallest absolute Gasteiger partial charge is 0.137 e. The molecule has 2 rings (SSSR count). The van der Waals surface area contributed by atoms with Crippen LogP contribution in [0, 0.1) is 5.82 Å². The third-order valence-corrected chi connectivity index (χ3v) is 3.62. The summed E-state index contributed by atoms with van der Waals surface area (Å²) in [6.45, 7) is 0. The quantitative estimate of drug-likeness (QED) is 0.795. The third kappa shape index (κ3) is 2.02. The van der Waals surface area contributed by atoms with Gasteiger partial charge in [-0.3, -0.25) is 0 Å². The van der Waals surface area contributed by atoms with Crippen molar-refractivity contribution in [3.8, 4) is 5.75 Å². The van der Waals surface area contributed by atoms with Gasteiger partial charge in [-0.1, -0.05) is 30.9 Å². The van der Waals surface area contributed by atoms with Crippen LogP contribution in [0.25, 0.3) is 0 Å². The van der Waals surface area contributed by atoms with Gasteiger partial charge in [0.25, 0.3) is 0 Å². The van der Waals surface area contributed by atoms with Crippen molar-refractivity contribution in [1.29, 1.82) is 0 Å². The molecule has 0 heterocycles. The lowest BCUT2D eigenvalue weighted by Crippen LogP contribution is -2.39. The summed E-state index contributed by atoms with van der Waals surface area (Å²) in [6, 6.07) is 2.50. The summed E-state index contributed by atoms with van der Waals surface area (Å²) in [5, 5.41) is 9.45. The largest absolute Gasteiger partial charge is 0.506 e. The van der Waals surface area contributed by atoms with Crippen LogP contribution in [0.15, 0.2) is 12.1 Å². The van der Waals surface area contributed by atoms with Gasteiger partial charge in [0.1, 0.15) is 11.6 Å². The maximum Gasteiger partial charge on any atom is 0.137 e. The number of rotatable bonds is 1. The fourth-order valence-corrected chi connectivity index (χ4v) is 2.53. The van der Waals surface area contributed by atoms with E-state index in [4.69, 9.17) is 17.3 Å². The van der Waals surface area contributed by atoms with Crippen LogP contribution in [-0.4, -0.2) is 5.11 Å². The van der Waals surface area contributed by atoms with E-state index in [9.17, 15) is 9.50 Å². The van der Waals surface area contributed by atoms with Gasteiger partial charge in [0.2, 0.25) is 0 Å². The molecule has 4 heteroatoms. The van der Waals surface area contributed by atoms with Gasteiger partial charge >= 0.3 is 0 Å². The highest BCUT2D eigenvalue weighted by Crippen LogP contribution is 2.39. The normalized spacial score (nSPS) is 19.7. The van der Waals surface area contributed by atoms with Crippen LogP contribution in [-0.2, 0) is 5.54 Å². The van der Waals surface area contributed by atoms with E-state index in [-0.39, 0.29) is 10.8 Å². The summed E-state index contributed by atoms with van der Waals surface area (Å²) in [7, 11) is 0. The Balaban J connectivity index is 2.42. The molecule has 0 atom stereocenters. The van der Waals surface area contributed by atoms with Crippen molar-refractivity contribution in [2.45, 2.75) is 37.6 Å². The van der Waals surface area contributed by atoms with E-state index >= 15 is 0 Å². The molecule has 1 aromatic carbocycles. The molecule has 0 aliphatic heterocycles. The Hall–Kier alpha value is -0.800. The van der Waals surface area contributed by atoms with E-state index in [2.05, 4.69) is 0 Å². The van der Waals surface area contributed by atoms with Crippen molar-refractivity contribution in [1.82, 2.24) is 0 Å². The molecule has 16 heavy (non-hydrogen) atoms. The van der Waals surface area contributed by atoms with E-state index in [1.807, 2.05) is 0 Å². The second-order valence-electron chi connectivity index (χ2n) is 4.50. The molecule has 1 aliphatic carbocycles. The zero-order chi connectivity index (χ0) is 11.8. The highest BCUT2D eigenvalue weighted by atomic mass is 35.5. The molecule has 0 amide bonds. The highest BCUT2D eigenvalue weighted by Gasteiger charge is 2.32. The Bertz CT molecular complexity index is 402. The minimum Gasteiger partial charge on any atom is -0.506 e. The van der Waals surface area contributed by atoms with E-state index in [1.165, 1.54) is 6.07 Å². The number of aromatic hydroxyl groups is 1. The molecule has 0 saturated heterocycles. The summed E-state index contributed by atoms with van der Waals surface area (Å²) < 4.78 is 13.8. The van der Waals surface area contributed by atoms with E-state index in [0.717, 1.165) is 38.2 Å². The number of hydrogen-bond acceptors (Lipinski definition) is 2. The summed E-state index contributed by atoms with van der Waals surface area (Å²) in [5.74, 6) is -0.700. The van der Waals surface area contributed by atoms with Gasteiger partial charge in [-0.15, -0.1) is 0 Å². The van der Waals surface area contributed by atoms with Crippen molar-refractivity contribution in [2.75, 3.05) is 0 Å². The maximum absolute atomic E-state index is 13.8. The van der Waals surface area contributed by atoms with Crippen LogP contribution in [0.2, 0.25) is 5.02 Å². The van der Waals surface area contributed by atoms with Gasteiger partial charge in [-0.05, 0) is 18.9 Å². The van der Waals surface area contributed by atoms with E-state index < -0.39 is 11.4 Å². The average molecular weight is 244 g/mol. The number of phenolic OH excluding ortho intramolecular Hbond substituents is 1. The number of benzene rings is 1. The molecule has 0 aromatic heterocycles. The van der Waals surface area contributed by atoms with Crippen LogP contribution in [0.1, 0.15) is 37.7 Å². The van der Waals surface area contributed by atoms with Crippen molar-refractivity contribution in [3.63, 3.8) is 0 Å². The number of phenols is 1. The lowest BCUT2D eigenvalue weighted by molar-refractivity contribution is 0.292. The average Bonchev–Trinajstić information content (AvgIpc) is 2.24. The Morgan fingerprint density at radius 3 is 2.50 bits per heavy atom. The Kier molecular flexibility index (Phi) is 3.08. The van der Waals surface area contributed by atoms with Gasteiger partial charge in [-0.2, -0.15) is 0 Å². The first-order valence-electron chi connectivity index (χ1n) is 5.50. The summed E-state index contributed by atoms with van der Waals surface area (Å²) in [4.78, 5) is 0. The molecule has 88 valence electrons. The summed E-state index contributed by atoms with van der Waals surface area (Å²) in [5.41, 5.74) is 6.02. The monoisotopic (exact) mass is 243 g/mol. The van der Waals surface area contributed by atoms with Crippen LogP contribution in [0.4, 0.5) is 4.39 Å². The van der Waals surface area contributed by atoms with Gasteiger partial charge in [0, 0.05) is 17.2 Å². The molecular weight excluding hydrogens is 229 g/mol. The Morgan fingerprint density at radius 2 is 1.88 bits per heavy atom. The standard InChI is InChI=1S/C12H15ClFNO/c13-9-6-8(10(14)7-11(9)16)12(15)4-2-1-3-5-12/h6-7,16H,1-5,15H2. The minimum atomic E-state index is -0.625. The van der Waals surface area contributed by atoms with Crippen LogP contribution < -0.4 is 5.73 Å². The van der Waals surface area contributed by atoms with Gasteiger partial charge < -0.3 is 10.8 Å². The predicted octanol–water partition coefficient (Wildman–Crippen LogP) is 3.30. The molecule has 1 saturated carbocycles. The Morgan fingerprint density at radius 1 is 1.25 bits per heavy atom. The highest BCUT2D eigenvalue weighted by molar-refractivity contribution is 6.32. The second kappa shape index (κ2) is 4.22. The molecule has 1 aliphatic rings. The van der Waals surface area contributed by atoms with Crippen LogP contribution >= 0.6 is 11.6 Å². The van der Waals surface area contributed by atoms with Crippen molar-refractivity contribution < 1.29 is 9.50 Å². The van der Waals surface area contributed by atoms with Crippen LogP contribution in [0.5, 0.6) is 5.75 Å². The molecule has 0 radical (unpaired) electrons. The maximum atomic E-state index is 13.8. The lowest BCUT2D eigenvalue weighted by Gasteiger charge is -2.34. The van der Waals surface area contributed by atoms with Crippen LogP contribution in [0.3, 0.4) is 0 Å². The second-order valence-corrected chi connectivity index (χ2v) is 4.91. The van der Waals surface area contributed by atoms with Crippen molar-refractivity contribution in [3.05, 3.63) is 28.5 Å². The molecule has 2 nitrogen and oxygen atoms in total. The topological polar surface area (TPSA) is 46.2 Å². The fraction of sp³-hybridized carbons (Fsp3) is 0.500. The van der Waals surface area contributed by atoms with Gasteiger partial charge in [0.15, 0.2) is 0 Å². The number of hydrogen-bond donors (Lipinski definition) is 2. The first-order chi connectivity index (χ1) is 7.53. The zero-order valence-electron chi connectivity index (χ0n) is 8.97. The third-order valence-electron chi connectivity index (χ3n) is 3.32. The fourth-order valence-electron chi connectivity index (χ4n) is 2.37. The summed E-state index contributed by atoms with van der Waals surface area (Å²) >= 11 is 5.79. The number of halogens is 2. The molecule has 1 fully saturated rings. The Labute approximate surface area is 99.2 Å². The van der Waals surface area contributed by atoms with E-state index in [0.29, 0.717) is 5.56 Å². The first kappa shape index (κ1) is 11.7. The molecular formula is C12H15ClFNO. The lowest BCUT2D eigenvalue weighted by atomic mass is 9.77. The first-order valence-corrected chi connectivity index (χ1v) is 5.88. The minimum absolute atomic E-state index is 0.159. The summed E-state index contributed by atoms with van der Waals surface area (Å²) in [6.07, 6.45) is 4.70. The molecule has 0 spiro atoms. The van der Waals surface area contributed by atoms with Crippen molar-refractivity contribution >= 4 is 11.6 Å². The van der Waals surface area contributed by atoms with E-state index in [1.54, 1.807) is 0 Å². The zero-order valence-corrected chi connectivity index (χ0v) is 9.73. The number of nitrogens with two attached hydrogens (primary N) is 1. The predicted molar refractivity (Wildman–Crippen MR) is 62.0 cm³/mol. The van der Waals surface area contributed by atoms with Gasteiger partial charge in [0.05, 0.1) is 5.02 Å².